The van der Waals surface area contributed by atoms with Gasteiger partial charge in [-0.25, -0.2) is 14.5 Å². The number of aryl methyl sites for hydroxylation is 1. The normalized spacial score (nSPS) is 16.9. The summed E-state index contributed by atoms with van der Waals surface area (Å²) in [6.45, 7) is 4.49. The molecule has 0 atom stereocenters. The summed E-state index contributed by atoms with van der Waals surface area (Å²) < 4.78 is 48.1. The van der Waals surface area contributed by atoms with Gasteiger partial charge in [0.15, 0.2) is 11.5 Å². The number of halogens is 3. The summed E-state index contributed by atoms with van der Waals surface area (Å²) in [7, 11) is 0. The molecule has 0 saturated carbocycles. The first-order valence-corrected chi connectivity index (χ1v) is 13.2. The Morgan fingerprint density at radius 2 is 1.92 bits per heavy atom. The number of aromatic nitrogens is 3. The van der Waals surface area contributed by atoms with Gasteiger partial charge in [0, 0.05) is 0 Å². The van der Waals surface area contributed by atoms with Gasteiger partial charge in [0.25, 0.3) is 0 Å². The van der Waals surface area contributed by atoms with Gasteiger partial charge >= 0.3 is 12.1 Å². The Hall–Kier alpha value is -3.66. The van der Waals surface area contributed by atoms with Crippen LogP contribution < -0.4 is 10.1 Å². The fourth-order valence-electron chi connectivity index (χ4n) is 5.51. The highest BCUT2D eigenvalue weighted by Crippen LogP contribution is 2.36. The molecule has 2 N–H and O–H groups in total. The Bertz CT molecular complexity index is 1390. The van der Waals surface area contributed by atoms with Crippen LogP contribution in [0.5, 0.6) is 5.75 Å². The molecule has 0 spiro atoms. The van der Waals surface area contributed by atoms with Crippen molar-refractivity contribution in [2.75, 3.05) is 19.7 Å². The topological polar surface area (TPSA) is 89.3 Å². The zero-order valence-electron chi connectivity index (χ0n) is 21.7. The van der Waals surface area contributed by atoms with Gasteiger partial charge in [-0.2, -0.15) is 18.3 Å². The van der Waals surface area contributed by atoms with Gasteiger partial charge in [0.2, 0.25) is 0 Å². The Morgan fingerprint density at radius 1 is 1.15 bits per heavy atom. The van der Waals surface area contributed by atoms with Gasteiger partial charge in [-0.1, -0.05) is 18.2 Å². The number of carboxylic acid groups (broad SMARTS) is 1. The number of carbonyl (C=O) groups is 1. The van der Waals surface area contributed by atoms with Crippen LogP contribution in [0.3, 0.4) is 0 Å². The second-order valence-electron chi connectivity index (χ2n) is 10.1. The van der Waals surface area contributed by atoms with Crippen molar-refractivity contribution in [3.05, 3.63) is 76.2 Å². The van der Waals surface area contributed by atoms with Crippen molar-refractivity contribution < 1.29 is 27.8 Å². The molecular weight excluding hydrogens is 509 g/mol. The second-order valence-corrected chi connectivity index (χ2v) is 10.1. The van der Waals surface area contributed by atoms with Crippen molar-refractivity contribution in [2.24, 2.45) is 0 Å². The predicted octanol–water partition coefficient (Wildman–Crippen LogP) is 6.17. The van der Waals surface area contributed by atoms with Crippen molar-refractivity contribution in [2.45, 2.75) is 57.5 Å². The van der Waals surface area contributed by atoms with E-state index in [1.807, 2.05) is 6.07 Å². The third-order valence-corrected chi connectivity index (χ3v) is 7.52. The molecule has 1 aromatic carbocycles. The first-order chi connectivity index (χ1) is 18.7. The molecule has 206 valence electrons. The van der Waals surface area contributed by atoms with Crippen molar-refractivity contribution in [3.8, 4) is 11.6 Å². The lowest BCUT2D eigenvalue weighted by molar-refractivity contribution is -0.143. The van der Waals surface area contributed by atoms with Crippen molar-refractivity contribution in [3.63, 3.8) is 0 Å². The molecule has 1 saturated heterocycles. The van der Waals surface area contributed by atoms with Crippen molar-refractivity contribution in [1.82, 2.24) is 20.1 Å². The summed E-state index contributed by atoms with van der Waals surface area (Å²) in [5, 5.41) is 16.4. The monoisotopic (exact) mass is 540 g/mol. The molecule has 39 heavy (non-hydrogen) atoms. The third kappa shape index (κ3) is 5.85. The van der Waals surface area contributed by atoms with E-state index >= 15 is 0 Å². The summed E-state index contributed by atoms with van der Waals surface area (Å²) in [6.07, 6.45) is 1.53. The zero-order valence-corrected chi connectivity index (χ0v) is 21.7. The summed E-state index contributed by atoms with van der Waals surface area (Å²) in [4.78, 5) is 15.9. The highest BCUT2D eigenvalue weighted by molar-refractivity contribution is 5.89. The van der Waals surface area contributed by atoms with Gasteiger partial charge in [0.05, 0.1) is 11.9 Å². The summed E-state index contributed by atoms with van der Waals surface area (Å²) in [5.41, 5.74) is 2.71. The zero-order chi connectivity index (χ0) is 27.6. The van der Waals surface area contributed by atoms with E-state index in [0.717, 1.165) is 74.1 Å². The molecule has 0 bridgehead atoms. The first kappa shape index (κ1) is 26.9. The molecule has 1 fully saturated rings. The summed E-state index contributed by atoms with van der Waals surface area (Å²) in [5.74, 6) is -0.406. The number of allylic oxidation sites excluding steroid dienone is 1. The standard InChI is InChI=1S/C29H31F3N4O3/c1-18-15-20(19-11-13-33-14-12-19)9-10-25(18)39-17-21-5-2-3-6-22(21)24-7-4-8-26(35-24)36-27(29(30,31)32)23(16-34-36)28(37)38/h4,7-10,15-16,19,33H,2-3,5-6,11-14,17H2,1H3,(H,37,38). The summed E-state index contributed by atoms with van der Waals surface area (Å²) in [6, 6.07) is 11.2. The van der Waals surface area contributed by atoms with E-state index in [1.54, 1.807) is 12.1 Å². The number of pyridine rings is 1. The number of hydrogen-bond donors (Lipinski definition) is 2. The van der Waals surface area contributed by atoms with Crippen LogP contribution in [-0.4, -0.2) is 45.5 Å². The molecule has 7 nitrogen and oxygen atoms in total. The Balaban J connectivity index is 1.40. The molecule has 10 heteroatoms. The first-order valence-electron chi connectivity index (χ1n) is 13.2. The minimum atomic E-state index is -4.91. The van der Waals surface area contributed by atoms with Crippen LogP contribution in [0.25, 0.3) is 11.4 Å². The number of benzene rings is 1. The average Bonchev–Trinajstić information content (AvgIpc) is 3.40. The molecule has 3 heterocycles. The van der Waals surface area contributed by atoms with Gasteiger partial charge in [-0.3, -0.25) is 0 Å². The molecule has 1 aliphatic carbocycles. The molecule has 2 aromatic heterocycles. The Labute approximate surface area is 224 Å². The molecule has 1 aliphatic heterocycles. The number of ether oxygens (including phenoxy) is 1. The molecule has 0 unspecified atom stereocenters. The maximum atomic E-state index is 13.7. The number of piperidine rings is 1. The number of nitrogens with zero attached hydrogens (tertiary/aromatic N) is 3. The van der Waals surface area contributed by atoms with E-state index < -0.39 is 23.4 Å². The van der Waals surface area contributed by atoms with Gasteiger partial charge in [-0.15, -0.1) is 0 Å². The largest absolute Gasteiger partial charge is 0.489 e. The number of rotatable bonds is 7. The fourth-order valence-corrected chi connectivity index (χ4v) is 5.51. The average molecular weight is 541 g/mol. The van der Waals surface area contributed by atoms with Crippen LogP contribution in [-0.2, 0) is 6.18 Å². The van der Waals surface area contributed by atoms with E-state index in [4.69, 9.17) is 4.74 Å². The maximum Gasteiger partial charge on any atom is 0.434 e. The lowest BCUT2D eigenvalue weighted by Gasteiger charge is -2.24. The Morgan fingerprint density at radius 3 is 2.64 bits per heavy atom. The lowest BCUT2D eigenvalue weighted by Crippen LogP contribution is -2.26. The van der Waals surface area contributed by atoms with Crippen LogP contribution in [0.2, 0.25) is 0 Å². The van der Waals surface area contributed by atoms with Crippen LogP contribution in [0, 0.1) is 6.92 Å². The molecule has 0 amide bonds. The SMILES string of the molecule is Cc1cc(C2CCNCC2)ccc1OCC1=C(c2cccc(-n3ncc(C(=O)O)c3C(F)(F)F)n2)CCCC1. The van der Waals surface area contributed by atoms with Crippen molar-refractivity contribution >= 4 is 11.5 Å². The van der Waals surface area contributed by atoms with Gasteiger partial charge in [-0.05, 0) is 105 Å². The molecule has 3 aromatic rings. The van der Waals surface area contributed by atoms with Crippen LogP contribution in [0.15, 0.2) is 48.2 Å². The van der Waals surface area contributed by atoms with E-state index in [2.05, 4.69) is 34.5 Å². The summed E-state index contributed by atoms with van der Waals surface area (Å²) >= 11 is 0. The van der Waals surface area contributed by atoms with Crippen molar-refractivity contribution in [1.29, 1.82) is 0 Å². The number of hydrogen-bond acceptors (Lipinski definition) is 5. The maximum absolute atomic E-state index is 13.7. The molecular formula is C29H31F3N4O3. The number of aromatic carboxylic acids is 1. The number of alkyl halides is 3. The van der Waals surface area contributed by atoms with Gasteiger partial charge < -0.3 is 15.2 Å². The molecule has 2 aliphatic rings. The number of carboxylic acids is 1. The quantitative estimate of drug-likeness (QED) is 0.373. The third-order valence-electron chi connectivity index (χ3n) is 7.52. The lowest BCUT2D eigenvalue weighted by atomic mass is 9.89. The van der Waals surface area contributed by atoms with Crippen LogP contribution >= 0.6 is 0 Å². The minimum absolute atomic E-state index is 0.0880. The number of nitrogens with one attached hydrogen (secondary N) is 1. The molecule has 5 rings (SSSR count). The molecule has 0 radical (unpaired) electrons. The van der Waals surface area contributed by atoms with Crippen LogP contribution in [0.1, 0.15) is 77.3 Å². The van der Waals surface area contributed by atoms with Gasteiger partial charge in [0.1, 0.15) is 17.9 Å². The highest BCUT2D eigenvalue weighted by Gasteiger charge is 2.41. The van der Waals surface area contributed by atoms with E-state index in [0.29, 0.717) is 29.1 Å². The van der Waals surface area contributed by atoms with E-state index in [9.17, 15) is 23.1 Å². The Kier molecular flexibility index (Phi) is 7.74. The second kappa shape index (κ2) is 11.2. The minimum Gasteiger partial charge on any atom is -0.489 e. The van der Waals surface area contributed by atoms with E-state index in [1.165, 1.54) is 11.6 Å². The fraction of sp³-hybridized carbons (Fsp3) is 0.414. The smallest absolute Gasteiger partial charge is 0.434 e. The highest BCUT2D eigenvalue weighted by atomic mass is 19.4. The van der Waals surface area contributed by atoms with E-state index in [-0.39, 0.29) is 5.82 Å². The predicted molar refractivity (Wildman–Crippen MR) is 140 cm³/mol. The van der Waals surface area contributed by atoms with Crippen LogP contribution in [0.4, 0.5) is 13.2 Å².